The van der Waals surface area contributed by atoms with E-state index in [9.17, 15) is 9.59 Å². The molecule has 2 aromatic rings. The van der Waals surface area contributed by atoms with E-state index in [4.69, 9.17) is 34.8 Å². The molecule has 7 heteroatoms. The van der Waals surface area contributed by atoms with Crippen molar-refractivity contribution in [3.8, 4) is 0 Å². The Labute approximate surface area is 168 Å². The van der Waals surface area contributed by atoms with Crippen LogP contribution in [0.2, 0.25) is 15.1 Å². The Hall–Kier alpha value is -1.75. The molecule has 138 valence electrons. The van der Waals surface area contributed by atoms with Crippen LogP contribution in [0, 0.1) is 0 Å². The van der Waals surface area contributed by atoms with E-state index in [-0.39, 0.29) is 24.8 Å². The average Bonchev–Trinajstić information content (AvgIpc) is 2.62. The number of hydrogen-bond acceptors (Lipinski definition) is 2. The Kier molecular flexibility index (Phi) is 7.33. The highest BCUT2D eigenvalue weighted by Gasteiger charge is 2.26. The van der Waals surface area contributed by atoms with Crippen molar-refractivity contribution in [2.75, 3.05) is 7.05 Å². The van der Waals surface area contributed by atoms with Gasteiger partial charge in [0.25, 0.3) is 0 Å². The maximum atomic E-state index is 12.9. The van der Waals surface area contributed by atoms with Crippen LogP contribution in [0.3, 0.4) is 0 Å². The quantitative estimate of drug-likeness (QED) is 0.765. The third kappa shape index (κ3) is 5.13. The lowest BCUT2D eigenvalue weighted by Crippen LogP contribution is -2.47. The first kappa shape index (κ1) is 20.6. The number of carbonyl (C=O) groups is 2. The van der Waals surface area contributed by atoms with Gasteiger partial charge in [-0.25, -0.2) is 0 Å². The van der Waals surface area contributed by atoms with Crippen LogP contribution in [-0.4, -0.2) is 29.8 Å². The number of halogens is 3. The summed E-state index contributed by atoms with van der Waals surface area (Å²) < 4.78 is 0. The monoisotopic (exact) mass is 412 g/mol. The molecule has 0 aromatic heterocycles. The van der Waals surface area contributed by atoms with Crippen LogP contribution in [0.15, 0.2) is 42.5 Å². The second-order valence-corrected chi connectivity index (χ2v) is 7.05. The largest absolute Gasteiger partial charge is 0.357 e. The van der Waals surface area contributed by atoms with Gasteiger partial charge < -0.3 is 10.2 Å². The minimum atomic E-state index is -0.647. The van der Waals surface area contributed by atoms with E-state index in [2.05, 4.69) is 5.32 Å². The van der Waals surface area contributed by atoms with Gasteiger partial charge in [-0.1, -0.05) is 59.1 Å². The minimum absolute atomic E-state index is 0.0999. The van der Waals surface area contributed by atoms with Gasteiger partial charge in [0.05, 0.1) is 16.5 Å². The second kappa shape index (κ2) is 9.26. The minimum Gasteiger partial charge on any atom is -0.357 e. The molecule has 4 nitrogen and oxygen atoms in total. The number of nitrogens with zero attached hydrogens (tertiary/aromatic N) is 1. The molecule has 0 fully saturated rings. The molecule has 1 atom stereocenters. The second-order valence-electron chi connectivity index (χ2n) is 5.83. The van der Waals surface area contributed by atoms with Crippen molar-refractivity contribution in [2.45, 2.75) is 25.9 Å². The van der Waals surface area contributed by atoms with Gasteiger partial charge in [0.2, 0.25) is 11.8 Å². The smallest absolute Gasteiger partial charge is 0.242 e. The summed E-state index contributed by atoms with van der Waals surface area (Å²) >= 11 is 18.2. The highest BCUT2D eigenvalue weighted by atomic mass is 35.5. The Bertz CT molecular complexity index is 811. The number of carbonyl (C=O) groups excluding carboxylic acids is 2. The molecule has 0 saturated heterocycles. The lowest BCUT2D eigenvalue weighted by atomic mass is 10.1. The summed E-state index contributed by atoms with van der Waals surface area (Å²) in [6, 6.07) is 11.6. The van der Waals surface area contributed by atoms with Crippen LogP contribution in [-0.2, 0) is 22.6 Å². The molecular weight excluding hydrogens is 395 g/mol. The first-order valence-corrected chi connectivity index (χ1v) is 9.15. The molecule has 1 N–H and O–H groups in total. The number of rotatable bonds is 6. The van der Waals surface area contributed by atoms with Crippen molar-refractivity contribution in [3.05, 3.63) is 68.7 Å². The van der Waals surface area contributed by atoms with Crippen LogP contribution in [0.5, 0.6) is 0 Å². The lowest BCUT2D eigenvalue weighted by molar-refractivity contribution is -0.139. The zero-order valence-corrected chi connectivity index (χ0v) is 16.7. The summed E-state index contributed by atoms with van der Waals surface area (Å²) in [7, 11) is 1.54. The fourth-order valence-electron chi connectivity index (χ4n) is 2.53. The van der Waals surface area contributed by atoms with Gasteiger partial charge in [0.15, 0.2) is 0 Å². The van der Waals surface area contributed by atoms with Crippen LogP contribution in [0.1, 0.15) is 18.1 Å². The average molecular weight is 414 g/mol. The summed E-state index contributed by atoms with van der Waals surface area (Å²) in [4.78, 5) is 26.5. The van der Waals surface area contributed by atoms with E-state index in [1.54, 1.807) is 31.2 Å². The van der Waals surface area contributed by atoms with Crippen molar-refractivity contribution >= 4 is 46.6 Å². The highest BCUT2D eigenvalue weighted by Crippen LogP contribution is 2.24. The van der Waals surface area contributed by atoms with Gasteiger partial charge >= 0.3 is 0 Å². The molecule has 0 radical (unpaired) electrons. The summed E-state index contributed by atoms with van der Waals surface area (Å²) in [6.45, 7) is 1.91. The zero-order valence-electron chi connectivity index (χ0n) is 14.4. The van der Waals surface area contributed by atoms with E-state index >= 15 is 0 Å². The van der Waals surface area contributed by atoms with Gasteiger partial charge in [0.1, 0.15) is 6.04 Å². The molecule has 0 spiro atoms. The van der Waals surface area contributed by atoms with Crippen LogP contribution in [0.25, 0.3) is 0 Å². The van der Waals surface area contributed by atoms with Crippen molar-refractivity contribution in [2.24, 2.45) is 0 Å². The number of nitrogens with one attached hydrogen (secondary N) is 1. The van der Waals surface area contributed by atoms with E-state index < -0.39 is 6.04 Å². The predicted octanol–water partition coefficient (Wildman–Crippen LogP) is 4.35. The van der Waals surface area contributed by atoms with Gasteiger partial charge in [0, 0.05) is 18.6 Å². The molecule has 0 heterocycles. The molecular formula is C19H19Cl3N2O2. The predicted molar refractivity (Wildman–Crippen MR) is 106 cm³/mol. The standard InChI is InChI=1S/C19H19Cl3N2O2/c1-12(19(26)23-2)24(11-14-5-3-4-6-15(14)20)18(25)10-13-7-8-16(21)17(22)9-13/h3-9,12H,10-11H2,1-2H3,(H,23,26). The number of likely N-dealkylation sites (N-methyl/N-ethyl adjacent to an activating group) is 1. The SMILES string of the molecule is CNC(=O)C(C)N(Cc1ccccc1Cl)C(=O)Cc1ccc(Cl)c(Cl)c1. The molecule has 0 aliphatic heterocycles. The molecule has 0 aliphatic carbocycles. The molecule has 2 aromatic carbocycles. The van der Waals surface area contributed by atoms with Gasteiger partial charge in [-0.15, -0.1) is 0 Å². The van der Waals surface area contributed by atoms with Crippen molar-refractivity contribution in [3.63, 3.8) is 0 Å². The maximum absolute atomic E-state index is 12.9. The third-order valence-electron chi connectivity index (χ3n) is 4.05. The zero-order chi connectivity index (χ0) is 19.3. The van der Waals surface area contributed by atoms with Gasteiger partial charge in [-0.05, 0) is 36.2 Å². The fourth-order valence-corrected chi connectivity index (χ4v) is 3.04. The molecule has 26 heavy (non-hydrogen) atoms. The summed E-state index contributed by atoms with van der Waals surface area (Å²) in [5, 5.41) is 3.93. The summed E-state index contributed by atoms with van der Waals surface area (Å²) in [6.07, 6.45) is 0.0999. The van der Waals surface area contributed by atoms with Crippen LogP contribution >= 0.6 is 34.8 Å². The van der Waals surface area contributed by atoms with Crippen molar-refractivity contribution < 1.29 is 9.59 Å². The Morgan fingerprint density at radius 1 is 1.04 bits per heavy atom. The first-order valence-electron chi connectivity index (χ1n) is 8.02. The number of benzene rings is 2. The maximum Gasteiger partial charge on any atom is 0.242 e. The first-order chi connectivity index (χ1) is 12.3. The Morgan fingerprint density at radius 2 is 1.73 bits per heavy atom. The molecule has 0 aliphatic rings. The fraction of sp³-hybridized carbons (Fsp3) is 0.263. The van der Waals surface area contributed by atoms with Crippen LogP contribution < -0.4 is 5.32 Å². The summed E-state index contributed by atoms with van der Waals surface area (Å²) in [5.41, 5.74) is 1.49. The number of hydrogen-bond donors (Lipinski definition) is 1. The van der Waals surface area contributed by atoms with E-state index in [1.807, 2.05) is 18.2 Å². The van der Waals surface area contributed by atoms with E-state index in [0.29, 0.717) is 15.1 Å². The normalized spacial score (nSPS) is 11.7. The van der Waals surface area contributed by atoms with Gasteiger partial charge in [-0.2, -0.15) is 0 Å². The highest BCUT2D eigenvalue weighted by molar-refractivity contribution is 6.42. The Morgan fingerprint density at radius 3 is 2.35 bits per heavy atom. The van der Waals surface area contributed by atoms with E-state index in [1.165, 1.54) is 11.9 Å². The van der Waals surface area contributed by atoms with Crippen molar-refractivity contribution in [1.82, 2.24) is 10.2 Å². The molecule has 2 rings (SSSR count). The topological polar surface area (TPSA) is 49.4 Å². The van der Waals surface area contributed by atoms with Gasteiger partial charge in [-0.3, -0.25) is 9.59 Å². The van der Waals surface area contributed by atoms with Crippen LogP contribution in [0.4, 0.5) is 0 Å². The Balaban J connectivity index is 2.26. The summed E-state index contributed by atoms with van der Waals surface area (Å²) in [5.74, 6) is -0.459. The van der Waals surface area contributed by atoms with E-state index in [0.717, 1.165) is 11.1 Å². The molecule has 1 unspecified atom stereocenters. The lowest BCUT2D eigenvalue weighted by Gasteiger charge is -2.28. The van der Waals surface area contributed by atoms with Crippen molar-refractivity contribution in [1.29, 1.82) is 0 Å². The number of amides is 2. The third-order valence-corrected chi connectivity index (χ3v) is 5.16. The molecule has 2 amide bonds. The molecule has 0 bridgehead atoms. The molecule has 0 saturated carbocycles.